The summed E-state index contributed by atoms with van der Waals surface area (Å²) >= 11 is 1.37. The molecular weight excluding hydrogens is 449 g/mol. The number of ketones is 1. The Labute approximate surface area is 200 Å². The lowest BCUT2D eigenvalue weighted by Gasteiger charge is -2.32. The molecule has 7 heteroatoms. The Morgan fingerprint density at radius 3 is 2.38 bits per heavy atom. The van der Waals surface area contributed by atoms with Gasteiger partial charge in [0.25, 0.3) is 5.91 Å². The maximum absolute atomic E-state index is 14.2. The summed E-state index contributed by atoms with van der Waals surface area (Å²) < 4.78 is 14.2. The first kappa shape index (κ1) is 22.1. The van der Waals surface area contributed by atoms with E-state index in [1.807, 2.05) is 18.2 Å². The molecule has 0 radical (unpaired) electrons. The Morgan fingerprint density at radius 1 is 0.882 bits per heavy atom. The lowest BCUT2D eigenvalue weighted by Crippen LogP contribution is -2.39. The van der Waals surface area contributed by atoms with E-state index in [0.29, 0.717) is 40.4 Å². The van der Waals surface area contributed by atoms with E-state index in [0.717, 1.165) is 17.8 Å². The van der Waals surface area contributed by atoms with Crippen molar-refractivity contribution in [2.24, 2.45) is 0 Å². The number of amides is 1. The molecule has 0 N–H and O–H groups in total. The number of hydrogen-bond acceptors (Lipinski definition) is 5. The Bertz CT molecular complexity index is 1340. The molecule has 1 atom stereocenters. The van der Waals surface area contributed by atoms with Gasteiger partial charge in [0.15, 0.2) is 10.8 Å². The normalized spacial score (nSPS) is 15.8. The van der Waals surface area contributed by atoms with Crippen LogP contribution in [0.25, 0.3) is 10.6 Å². The van der Waals surface area contributed by atoms with Gasteiger partial charge in [0, 0.05) is 35.7 Å². The number of halogens is 1. The van der Waals surface area contributed by atoms with Gasteiger partial charge in [0.05, 0.1) is 5.56 Å². The molecule has 1 saturated heterocycles. The zero-order chi connectivity index (χ0) is 23.5. The van der Waals surface area contributed by atoms with Crippen molar-refractivity contribution in [3.05, 3.63) is 106 Å². The Kier molecular flexibility index (Phi) is 6.27. The molecule has 1 aromatic heterocycles. The van der Waals surface area contributed by atoms with Gasteiger partial charge in [0.1, 0.15) is 10.8 Å². The topological polar surface area (TPSA) is 63.2 Å². The van der Waals surface area contributed by atoms with Gasteiger partial charge >= 0.3 is 0 Å². The quantitative estimate of drug-likeness (QED) is 0.356. The molecule has 1 aliphatic heterocycles. The van der Waals surface area contributed by atoms with Crippen LogP contribution in [0, 0.1) is 5.82 Å². The van der Waals surface area contributed by atoms with Crippen LogP contribution in [-0.4, -0.2) is 39.9 Å². The Balaban J connectivity index is 1.37. The zero-order valence-electron chi connectivity index (χ0n) is 18.4. The molecule has 5 nitrogen and oxygen atoms in total. The average Bonchev–Trinajstić information content (AvgIpc) is 3.39. The summed E-state index contributed by atoms with van der Waals surface area (Å²) in [4.78, 5) is 28.4. The Morgan fingerprint density at radius 2 is 1.59 bits per heavy atom. The monoisotopic (exact) mass is 471 g/mol. The summed E-state index contributed by atoms with van der Waals surface area (Å²) in [6.07, 6.45) is 1.69. The van der Waals surface area contributed by atoms with Gasteiger partial charge < -0.3 is 4.90 Å². The molecule has 1 amide bonds. The van der Waals surface area contributed by atoms with Gasteiger partial charge in [-0.2, -0.15) is 0 Å². The molecule has 0 bridgehead atoms. The summed E-state index contributed by atoms with van der Waals surface area (Å²) in [5.74, 6) is -0.641. The van der Waals surface area contributed by atoms with Crippen LogP contribution in [0.3, 0.4) is 0 Å². The minimum absolute atomic E-state index is 0.0210. The number of nitrogens with zero attached hydrogens (tertiary/aromatic N) is 3. The molecule has 2 heterocycles. The fraction of sp³-hybridized carbons (Fsp3) is 0.185. The van der Waals surface area contributed by atoms with E-state index in [1.165, 1.54) is 17.4 Å². The fourth-order valence-corrected chi connectivity index (χ4v) is 5.29. The van der Waals surface area contributed by atoms with Crippen molar-refractivity contribution >= 4 is 23.0 Å². The highest BCUT2D eigenvalue weighted by atomic mass is 32.1. The molecule has 4 aromatic rings. The third-order valence-corrected chi connectivity index (χ3v) is 7.16. The van der Waals surface area contributed by atoms with E-state index in [2.05, 4.69) is 10.2 Å². The predicted molar refractivity (Wildman–Crippen MR) is 129 cm³/mol. The van der Waals surface area contributed by atoms with E-state index in [1.54, 1.807) is 59.5 Å². The molecule has 0 saturated carbocycles. The van der Waals surface area contributed by atoms with Crippen LogP contribution in [0.5, 0.6) is 0 Å². The number of benzene rings is 3. The number of likely N-dealkylation sites (tertiary alicyclic amines) is 1. The maximum Gasteiger partial charge on any atom is 0.254 e. The van der Waals surface area contributed by atoms with Crippen molar-refractivity contribution in [3.63, 3.8) is 0 Å². The smallest absolute Gasteiger partial charge is 0.254 e. The highest BCUT2D eigenvalue weighted by Crippen LogP contribution is 2.34. The standard InChI is InChI=1S/C27H22FN3O2S/c28-23-15-7-6-14-22(23)26-30-29-25(34-26)19-11-8-16-31(17-19)27(33)21-13-5-4-12-20(21)24(32)18-9-2-1-3-10-18/h1-7,9-10,12-15,19H,8,11,16-17H2. The molecule has 3 aromatic carbocycles. The third-order valence-electron chi connectivity index (χ3n) is 6.04. The molecule has 1 unspecified atom stereocenters. The second-order valence-electron chi connectivity index (χ2n) is 8.26. The number of carbonyl (C=O) groups is 2. The van der Waals surface area contributed by atoms with Crippen LogP contribution < -0.4 is 0 Å². The molecule has 34 heavy (non-hydrogen) atoms. The number of aromatic nitrogens is 2. The SMILES string of the molecule is O=C(c1ccccc1)c1ccccc1C(=O)N1CCCC(c2nnc(-c3ccccc3F)s2)C1. The summed E-state index contributed by atoms with van der Waals surface area (Å²) in [5, 5.41) is 9.85. The first-order chi connectivity index (χ1) is 16.6. The van der Waals surface area contributed by atoms with Gasteiger partial charge in [-0.25, -0.2) is 4.39 Å². The molecule has 1 aliphatic rings. The van der Waals surface area contributed by atoms with Crippen molar-refractivity contribution in [2.75, 3.05) is 13.1 Å². The number of rotatable bonds is 5. The lowest BCUT2D eigenvalue weighted by atomic mass is 9.95. The van der Waals surface area contributed by atoms with E-state index in [4.69, 9.17) is 0 Å². The van der Waals surface area contributed by atoms with E-state index in [-0.39, 0.29) is 23.4 Å². The summed E-state index contributed by atoms with van der Waals surface area (Å²) in [6, 6.07) is 22.5. The summed E-state index contributed by atoms with van der Waals surface area (Å²) in [5.41, 5.74) is 1.79. The van der Waals surface area contributed by atoms with Crippen LogP contribution >= 0.6 is 11.3 Å². The van der Waals surface area contributed by atoms with Crippen LogP contribution in [0.15, 0.2) is 78.9 Å². The third kappa shape index (κ3) is 4.39. The van der Waals surface area contributed by atoms with E-state index >= 15 is 0 Å². The zero-order valence-corrected chi connectivity index (χ0v) is 19.2. The average molecular weight is 472 g/mol. The van der Waals surface area contributed by atoms with Gasteiger partial charge in [0.2, 0.25) is 0 Å². The molecule has 170 valence electrons. The van der Waals surface area contributed by atoms with Crippen LogP contribution in [0.2, 0.25) is 0 Å². The Hall–Kier alpha value is -3.71. The van der Waals surface area contributed by atoms with Crippen molar-refractivity contribution in [1.29, 1.82) is 0 Å². The first-order valence-electron chi connectivity index (χ1n) is 11.2. The minimum atomic E-state index is -0.328. The molecule has 0 aliphatic carbocycles. The lowest BCUT2D eigenvalue weighted by molar-refractivity contribution is 0.0703. The van der Waals surface area contributed by atoms with Crippen molar-refractivity contribution < 1.29 is 14.0 Å². The van der Waals surface area contributed by atoms with Crippen LogP contribution in [0.1, 0.15) is 50.0 Å². The van der Waals surface area contributed by atoms with Crippen molar-refractivity contribution in [2.45, 2.75) is 18.8 Å². The highest BCUT2D eigenvalue weighted by Gasteiger charge is 2.30. The second-order valence-corrected chi connectivity index (χ2v) is 9.27. The number of hydrogen-bond donors (Lipinski definition) is 0. The summed E-state index contributed by atoms with van der Waals surface area (Å²) in [7, 11) is 0. The van der Waals surface area contributed by atoms with Gasteiger partial charge in [-0.05, 0) is 31.0 Å². The van der Waals surface area contributed by atoms with E-state index < -0.39 is 0 Å². The minimum Gasteiger partial charge on any atom is -0.338 e. The van der Waals surface area contributed by atoms with Crippen molar-refractivity contribution in [3.8, 4) is 10.6 Å². The summed E-state index contributed by atoms with van der Waals surface area (Å²) in [6.45, 7) is 1.10. The molecule has 0 spiro atoms. The maximum atomic E-state index is 14.2. The van der Waals surface area contributed by atoms with Crippen molar-refractivity contribution in [1.82, 2.24) is 15.1 Å². The molecule has 5 rings (SSSR count). The second kappa shape index (κ2) is 9.65. The van der Waals surface area contributed by atoms with E-state index in [9.17, 15) is 14.0 Å². The van der Waals surface area contributed by atoms with Gasteiger partial charge in [-0.15, -0.1) is 10.2 Å². The number of carbonyl (C=O) groups excluding carboxylic acids is 2. The molecular formula is C27H22FN3O2S. The number of piperidine rings is 1. The largest absolute Gasteiger partial charge is 0.338 e. The van der Waals surface area contributed by atoms with Gasteiger partial charge in [-0.3, -0.25) is 9.59 Å². The highest BCUT2D eigenvalue weighted by molar-refractivity contribution is 7.14. The fourth-order valence-electron chi connectivity index (χ4n) is 4.29. The van der Waals surface area contributed by atoms with Crippen LogP contribution in [-0.2, 0) is 0 Å². The first-order valence-corrected chi connectivity index (χ1v) is 12.0. The predicted octanol–water partition coefficient (Wildman–Crippen LogP) is 5.60. The molecule has 1 fully saturated rings. The van der Waals surface area contributed by atoms with Crippen LogP contribution in [0.4, 0.5) is 4.39 Å². The van der Waals surface area contributed by atoms with Gasteiger partial charge in [-0.1, -0.05) is 72.0 Å².